The maximum Gasteiger partial charge on any atom is 0.252 e. The van der Waals surface area contributed by atoms with Crippen molar-refractivity contribution >= 4 is 5.91 Å². The molecular weight excluding hydrogens is 326 g/mol. The third-order valence-electron chi connectivity index (χ3n) is 6.29. The first-order valence-electron chi connectivity index (χ1n) is 9.23. The zero-order valence-electron chi connectivity index (χ0n) is 14.7. The smallest absolute Gasteiger partial charge is 0.252 e. The molecule has 0 aromatic carbocycles. The van der Waals surface area contributed by atoms with Gasteiger partial charge in [-0.3, -0.25) is 14.4 Å². The SMILES string of the molecule is Cn1cc(CN2CCC3(CCCC3C(=O)NC3CC(F)(F)C3)C2)cn1. The number of nitrogens with zero attached hydrogens (tertiary/aromatic N) is 3. The molecule has 7 heteroatoms. The molecule has 2 aliphatic carbocycles. The molecule has 1 aromatic heterocycles. The number of aromatic nitrogens is 2. The Kier molecular flexibility index (Phi) is 4.09. The van der Waals surface area contributed by atoms with Crippen LogP contribution in [0.3, 0.4) is 0 Å². The fourth-order valence-electron chi connectivity index (χ4n) is 5.03. The van der Waals surface area contributed by atoms with E-state index < -0.39 is 5.92 Å². The Bertz CT molecular complexity index is 653. The van der Waals surface area contributed by atoms with Crippen molar-refractivity contribution in [2.24, 2.45) is 18.4 Å². The highest BCUT2D eigenvalue weighted by molar-refractivity contribution is 5.80. The number of carbonyl (C=O) groups is 1. The highest BCUT2D eigenvalue weighted by atomic mass is 19.3. The summed E-state index contributed by atoms with van der Waals surface area (Å²) >= 11 is 0. The van der Waals surface area contributed by atoms with E-state index in [4.69, 9.17) is 0 Å². The van der Waals surface area contributed by atoms with E-state index in [1.54, 1.807) is 4.68 Å². The number of amides is 1. The lowest BCUT2D eigenvalue weighted by Gasteiger charge is -2.38. The molecule has 2 atom stereocenters. The van der Waals surface area contributed by atoms with E-state index in [9.17, 15) is 13.6 Å². The van der Waals surface area contributed by atoms with Gasteiger partial charge in [0.2, 0.25) is 5.91 Å². The molecule has 0 radical (unpaired) electrons. The summed E-state index contributed by atoms with van der Waals surface area (Å²) in [5.41, 5.74) is 1.22. The minimum atomic E-state index is -2.58. The summed E-state index contributed by atoms with van der Waals surface area (Å²) in [5.74, 6) is -2.61. The third kappa shape index (κ3) is 3.30. The number of carbonyl (C=O) groups excluding carboxylic acids is 1. The molecule has 25 heavy (non-hydrogen) atoms. The van der Waals surface area contributed by atoms with E-state index in [2.05, 4.69) is 15.3 Å². The number of hydrogen-bond donors (Lipinski definition) is 1. The molecule has 0 bridgehead atoms. The monoisotopic (exact) mass is 352 g/mol. The largest absolute Gasteiger partial charge is 0.353 e. The zero-order valence-corrected chi connectivity index (χ0v) is 14.7. The van der Waals surface area contributed by atoms with Crippen molar-refractivity contribution in [3.8, 4) is 0 Å². The quantitative estimate of drug-likeness (QED) is 0.905. The van der Waals surface area contributed by atoms with Crippen LogP contribution in [-0.2, 0) is 18.4 Å². The van der Waals surface area contributed by atoms with Crippen LogP contribution in [0.25, 0.3) is 0 Å². The molecule has 1 N–H and O–H groups in total. The van der Waals surface area contributed by atoms with Gasteiger partial charge in [0, 0.05) is 56.7 Å². The van der Waals surface area contributed by atoms with Gasteiger partial charge >= 0.3 is 0 Å². The lowest BCUT2D eigenvalue weighted by Crippen LogP contribution is -2.53. The maximum atomic E-state index is 13.0. The number of nitrogens with one attached hydrogen (secondary N) is 1. The van der Waals surface area contributed by atoms with E-state index in [0.29, 0.717) is 0 Å². The molecule has 4 rings (SSSR count). The topological polar surface area (TPSA) is 50.2 Å². The second kappa shape index (κ2) is 6.04. The van der Waals surface area contributed by atoms with Crippen molar-refractivity contribution in [3.05, 3.63) is 18.0 Å². The molecule has 1 amide bonds. The first-order chi connectivity index (χ1) is 11.9. The summed E-state index contributed by atoms with van der Waals surface area (Å²) in [6.07, 6.45) is 7.54. The first kappa shape index (κ1) is 16.9. The second-order valence-corrected chi connectivity index (χ2v) is 8.26. The van der Waals surface area contributed by atoms with Crippen LogP contribution in [-0.4, -0.2) is 45.6 Å². The Hall–Kier alpha value is -1.50. The van der Waals surface area contributed by atoms with Gasteiger partial charge in [0.05, 0.1) is 6.20 Å². The Morgan fingerprint density at radius 1 is 1.40 bits per heavy atom. The summed E-state index contributed by atoms with van der Waals surface area (Å²) < 4.78 is 27.8. The molecule has 138 valence electrons. The molecule has 1 aliphatic heterocycles. The molecule has 2 saturated carbocycles. The van der Waals surface area contributed by atoms with Gasteiger partial charge in [-0.1, -0.05) is 6.42 Å². The van der Waals surface area contributed by atoms with Crippen molar-refractivity contribution in [1.29, 1.82) is 0 Å². The highest BCUT2D eigenvalue weighted by Gasteiger charge is 2.52. The Morgan fingerprint density at radius 3 is 2.88 bits per heavy atom. The second-order valence-electron chi connectivity index (χ2n) is 8.26. The van der Waals surface area contributed by atoms with Crippen LogP contribution in [0.5, 0.6) is 0 Å². The van der Waals surface area contributed by atoms with E-state index >= 15 is 0 Å². The van der Waals surface area contributed by atoms with Crippen LogP contribution in [0.1, 0.15) is 44.1 Å². The zero-order chi connectivity index (χ0) is 17.7. The Labute approximate surface area is 146 Å². The molecule has 5 nitrogen and oxygen atoms in total. The average Bonchev–Trinajstić information content (AvgIpc) is 3.20. The predicted molar refractivity (Wildman–Crippen MR) is 89.0 cm³/mol. The molecule has 3 fully saturated rings. The number of halogens is 2. The van der Waals surface area contributed by atoms with Crippen molar-refractivity contribution in [1.82, 2.24) is 20.0 Å². The fraction of sp³-hybridized carbons (Fsp3) is 0.778. The number of hydrogen-bond acceptors (Lipinski definition) is 3. The average molecular weight is 352 g/mol. The molecule has 1 spiro atoms. The van der Waals surface area contributed by atoms with Gasteiger partial charge in [0.1, 0.15) is 0 Å². The Morgan fingerprint density at radius 2 is 2.20 bits per heavy atom. The van der Waals surface area contributed by atoms with E-state index in [-0.39, 0.29) is 36.1 Å². The van der Waals surface area contributed by atoms with Crippen molar-refractivity contribution < 1.29 is 13.6 Å². The molecular formula is C18H26F2N4O. The van der Waals surface area contributed by atoms with Gasteiger partial charge in [0.15, 0.2) is 0 Å². The lowest BCUT2D eigenvalue weighted by molar-refractivity contribution is -0.135. The lowest BCUT2D eigenvalue weighted by atomic mass is 9.76. The normalized spacial score (nSPS) is 32.2. The van der Waals surface area contributed by atoms with E-state index in [0.717, 1.165) is 45.3 Å². The van der Waals surface area contributed by atoms with Gasteiger partial charge in [0.25, 0.3) is 5.92 Å². The number of rotatable bonds is 4. The van der Waals surface area contributed by atoms with Gasteiger partial charge in [-0.2, -0.15) is 5.10 Å². The summed E-state index contributed by atoms with van der Waals surface area (Å²) in [4.78, 5) is 15.1. The van der Waals surface area contributed by atoms with Crippen LogP contribution in [0.15, 0.2) is 12.4 Å². The van der Waals surface area contributed by atoms with Crippen LogP contribution in [0.4, 0.5) is 8.78 Å². The van der Waals surface area contributed by atoms with Crippen molar-refractivity contribution in [3.63, 3.8) is 0 Å². The van der Waals surface area contributed by atoms with Gasteiger partial charge in [-0.15, -0.1) is 0 Å². The predicted octanol–water partition coefficient (Wildman–Crippen LogP) is 2.33. The Balaban J connectivity index is 1.36. The van der Waals surface area contributed by atoms with Crippen molar-refractivity contribution in [2.45, 2.75) is 57.0 Å². The standard InChI is InChI=1S/C18H26F2N4O/c1-23-10-13(9-21-23)11-24-6-5-17(12-24)4-2-3-15(17)16(25)22-14-7-18(19,20)8-14/h9-10,14-15H,2-8,11-12H2,1H3,(H,22,25). The van der Waals surface area contributed by atoms with E-state index in [1.807, 2.05) is 19.4 Å². The van der Waals surface area contributed by atoms with Crippen LogP contribution in [0.2, 0.25) is 0 Å². The van der Waals surface area contributed by atoms with Crippen molar-refractivity contribution in [2.75, 3.05) is 13.1 Å². The summed E-state index contributed by atoms with van der Waals surface area (Å²) in [7, 11) is 1.91. The number of alkyl halides is 2. The summed E-state index contributed by atoms with van der Waals surface area (Å²) in [5, 5.41) is 7.10. The molecule has 1 saturated heterocycles. The maximum absolute atomic E-state index is 13.0. The van der Waals surface area contributed by atoms with E-state index in [1.165, 1.54) is 5.56 Å². The number of aryl methyl sites for hydroxylation is 1. The summed E-state index contributed by atoms with van der Waals surface area (Å²) in [6.45, 7) is 2.76. The molecule has 2 unspecified atom stereocenters. The van der Waals surface area contributed by atoms with Crippen LogP contribution in [0, 0.1) is 11.3 Å². The van der Waals surface area contributed by atoms with Crippen LogP contribution < -0.4 is 5.32 Å². The fourth-order valence-corrected chi connectivity index (χ4v) is 5.03. The van der Waals surface area contributed by atoms with Crippen LogP contribution >= 0.6 is 0 Å². The highest BCUT2D eigenvalue weighted by Crippen LogP contribution is 2.50. The van der Waals surface area contributed by atoms with Gasteiger partial charge in [-0.05, 0) is 31.2 Å². The van der Waals surface area contributed by atoms with Gasteiger partial charge in [-0.25, -0.2) is 8.78 Å². The minimum absolute atomic E-state index is 0.00114. The van der Waals surface area contributed by atoms with Gasteiger partial charge < -0.3 is 5.32 Å². The molecule has 3 aliphatic rings. The number of likely N-dealkylation sites (tertiary alicyclic amines) is 1. The minimum Gasteiger partial charge on any atom is -0.353 e. The molecule has 2 heterocycles. The molecule has 1 aromatic rings. The summed E-state index contributed by atoms with van der Waals surface area (Å²) in [6, 6.07) is -0.340. The first-order valence-corrected chi connectivity index (χ1v) is 9.23. The third-order valence-corrected chi connectivity index (χ3v) is 6.29.